The lowest BCUT2D eigenvalue weighted by Gasteiger charge is -2.32. The van der Waals surface area contributed by atoms with Crippen molar-refractivity contribution in [3.05, 3.63) is 205 Å². The normalized spacial score (nSPS) is 16.3. The average molecular weight is 1010 g/mol. The van der Waals surface area contributed by atoms with Gasteiger partial charge >= 0.3 is 14.2 Å². The minimum atomic E-state index is -0.480. The molecule has 2 fully saturated rings. The Bertz CT molecular complexity index is 3520. The molecule has 4 heterocycles. The number of rotatable bonds is 11. The molecule has 0 radical (unpaired) electrons. The van der Waals surface area contributed by atoms with Crippen LogP contribution in [0.4, 0.5) is 34.1 Å². The molecule has 0 saturated carbocycles. The van der Waals surface area contributed by atoms with Crippen LogP contribution in [-0.4, -0.2) is 56.2 Å². The van der Waals surface area contributed by atoms with E-state index in [4.69, 9.17) is 33.6 Å². The summed E-state index contributed by atoms with van der Waals surface area (Å²) in [4.78, 5) is 20.3. The maximum absolute atomic E-state index is 6.49. The summed E-state index contributed by atoms with van der Waals surface area (Å²) >= 11 is 0. The zero-order valence-corrected chi connectivity index (χ0v) is 45.4. The van der Waals surface area contributed by atoms with E-state index in [0.717, 1.165) is 78.0 Å². The zero-order valence-electron chi connectivity index (χ0n) is 45.4. The Balaban J connectivity index is 1.05. The van der Waals surface area contributed by atoms with Crippen LogP contribution < -0.4 is 20.7 Å². The van der Waals surface area contributed by atoms with Crippen LogP contribution >= 0.6 is 0 Å². The topological polar surface area (TPSA) is 87.0 Å². The van der Waals surface area contributed by atoms with Gasteiger partial charge in [-0.2, -0.15) is 9.97 Å². The molecule has 12 heteroatoms. The van der Waals surface area contributed by atoms with Crippen LogP contribution in [0.25, 0.3) is 50.5 Å². The molecule has 0 spiro atoms. The summed E-state index contributed by atoms with van der Waals surface area (Å²) in [6.07, 6.45) is 0. The van der Waals surface area contributed by atoms with Crippen molar-refractivity contribution in [1.82, 2.24) is 19.5 Å². The van der Waals surface area contributed by atoms with Crippen molar-refractivity contribution in [3.8, 4) is 28.7 Å². The van der Waals surface area contributed by atoms with Gasteiger partial charge in [-0.3, -0.25) is 4.57 Å². The molecular weight excluding hydrogens is 950 g/mol. The highest BCUT2D eigenvalue weighted by Gasteiger charge is 2.52. The first-order valence-electron chi connectivity index (χ1n) is 26.5. The van der Waals surface area contributed by atoms with E-state index in [1.165, 1.54) is 11.1 Å². The van der Waals surface area contributed by atoms with Gasteiger partial charge < -0.3 is 28.4 Å². The molecule has 2 aliphatic rings. The first-order valence-corrected chi connectivity index (χ1v) is 26.5. The highest BCUT2D eigenvalue weighted by Crippen LogP contribution is 2.44. The Hall–Kier alpha value is -7.86. The number of fused-ring (bicyclic) bond motifs is 3. The van der Waals surface area contributed by atoms with Crippen molar-refractivity contribution in [2.75, 3.05) is 9.80 Å². The Morgan fingerprint density at radius 1 is 0.364 bits per heavy atom. The number of hydrogen-bond donors (Lipinski definition) is 0. The number of anilines is 6. The quantitative estimate of drug-likeness (QED) is 0.118. The van der Waals surface area contributed by atoms with E-state index in [1.807, 2.05) is 60.7 Å². The van der Waals surface area contributed by atoms with Gasteiger partial charge in [0.2, 0.25) is 5.95 Å². The molecule has 10 nitrogen and oxygen atoms in total. The largest absolute Gasteiger partial charge is 0.494 e. The summed E-state index contributed by atoms with van der Waals surface area (Å²) < 4.78 is 28.1. The third-order valence-corrected chi connectivity index (χ3v) is 16.1. The molecule has 0 amide bonds. The molecule has 382 valence electrons. The fourth-order valence-electron chi connectivity index (χ4n) is 10.2. The van der Waals surface area contributed by atoms with Gasteiger partial charge in [0.15, 0.2) is 11.6 Å². The maximum Gasteiger partial charge on any atom is 0.494 e. The van der Waals surface area contributed by atoms with Crippen molar-refractivity contribution in [2.45, 2.75) is 91.6 Å². The summed E-state index contributed by atoms with van der Waals surface area (Å²) in [5.74, 6) is 1.68. The molecule has 2 saturated heterocycles. The molecule has 0 unspecified atom stereocenters. The first kappa shape index (κ1) is 50.0. The van der Waals surface area contributed by atoms with Crippen LogP contribution in [0, 0.1) is 13.8 Å². The molecule has 0 bridgehead atoms. The van der Waals surface area contributed by atoms with Gasteiger partial charge in [-0.25, -0.2) is 4.98 Å². The molecule has 2 aliphatic heterocycles. The molecule has 12 rings (SSSR count). The fraction of sp³-hybridized carbons (Fsp3) is 0.215. The van der Waals surface area contributed by atoms with Gasteiger partial charge in [-0.1, -0.05) is 120 Å². The fourth-order valence-corrected chi connectivity index (χ4v) is 10.2. The minimum Gasteiger partial charge on any atom is -0.399 e. The summed E-state index contributed by atoms with van der Waals surface area (Å²) in [5, 5.41) is 2.04. The predicted octanol–water partition coefficient (Wildman–Crippen LogP) is 14.5. The molecule has 10 aromatic rings. The lowest BCUT2D eigenvalue weighted by molar-refractivity contribution is 0.00578. The van der Waals surface area contributed by atoms with Gasteiger partial charge in [-0.15, -0.1) is 0 Å². The number of hydrogen-bond acceptors (Lipinski definition) is 9. The van der Waals surface area contributed by atoms with E-state index in [1.54, 1.807) is 0 Å². The van der Waals surface area contributed by atoms with E-state index in [-0.39, 0.29) is 0 Å². The highest BCUT2D eigenvalue weighted by atomic mass is 16.7. The Labute approximate surface area is 452 Å². The third kappa shape index (κ3) is 9.19. The van der Waals surface area contributed by atoms with E-state index in [0.29, 0.717) is 17.6 Å². The van der Waals surface area contributed by atoms with Crippen LogP contribution in [0.1, 0.15) is 66.5 Å². The van der Waals surface area contributed by atoms with Crippen LogP contribution in [0.3, 0.4) is 0 Å². The van der Waals surface area contributed by atoms with Crippen molar-refractivity contribution in [1.29, 1.82) is 0 Å². The van der Waals surface area contributed by atoms with Crippen molar-refractivity contribution < 1.29 is 18.6 Å². The second-order valence-electron chi connectivity index (χ2n) is 22.5. The van der Waals surface area contributed by atoms with Crippen molar-refractivity contribution >= 4 is 81.1 Å². The van der Waals surface area contributed by atoms with Gasteiger partial charge in [0.05, 0.1) is 33.4 Å². The smallest absolute Gasteiger partial charge is 0.399 e. The summed E-state index contributed by atoms with van der Waals surface area (Å²) in [6, 6.07) is 68.1. The summed E-state index contributed by atoms with van der Waals surface area (Å²) in [6.45, 7) is 20.9. The first-order chi connectivity index (χ1) is 36.9. The number of aromatic nitrogens is 4. The Morgan fingerprint density at radius 3 is 1.01 bits per heavy atom. The second-order valence-corrected chi connectivity index (χ2v) is 22.5. The highest BCUT2D eigenvalue weighted by molar-refractivity contribution is 6.62. The number of benzene rings is 8. The molecule has 2 aromatic heterocycles. The number of aryl methyl sites for hydroxylation is 2. The van der Waals surface area contributed by atoms with Gasteiger partial charge in [0, 0.05) is 56.0 Å². The van der Waals surface area contributed by atoms with Gasteiger partial charge in [0.25, 0.3) is 0 Å². The SMILES string of the molecule is Cc1ccc(N(c2ccc(B3OC(C)(C)C(C)(C)O3)cc2)c2ccc3c(c2)c2cc(N(c4ccc(C)cc4)c4ccc(B5OC(C)(C)C(C)(C)O5)cc4)ccc2n3-c2nc(-c3ccccc3)nc(-c3ccccc3)n2)cc1. The summed E-state index contributed by atoms with van der Waals surface area (Å²) in [5.41, 5.74) is 12.1. The van der Waals surface area contributed by atoms with E-state index >= 15 is 0 Å². The monoisotopic (exact) mass is 1010 g/mol. The molecule has 0 N–H and O–H groups in total. The lowest BCUT2D eigenvalue weighted by Crippen LogP contribution is -2.41. The average Bonchev–Trinajstić information content (AvgIpc) is 4.00. The molecule has 0 aliphatic carbocycles. The Kier molecular flexibility index (Phi) is 12.3. The van der Waals surface area contributed by atoms with Gasteiger partial charge in [0.1, 0.15) is 0 Å². The number of nitrogens with zero attached hydrogens (tertiary/aromatic N) is 6. The van der Waals surface area contributed by atoms with Crippen molar-refractivity contribution in [3.63, 3.8) is 0 Å². The van der Waals surface area contributed by atoms with E-state index in [2.05, 4.69) is 217 Å². The van der Waals surface area contributed by atoms with Crippen LogP contribution in [-0.2, 0) is 18.6 Å². The van der Waals surface area contributed by atoms with E-state index < -0.39 is 36.6 Å². The van der Waals surface area contributed by atoms with Crippen LogP contribution in [0.5, 0.6) is 0 Å². The predicted molar refractivity (Wildman–Crippen MR) is 315 cm³/mol. The standard InChI is InChI=1S/C65H62B2N6O4/c1-43-21-29-49(30-22-43)71(51-33-25-47(26-34-51)66-74-62(3,4)63(5,6)75-66)53-37-39-57-55(41-53)56-42-54(72(50-31-23-44(2)24-32-50)52-35-27-48(28-36-52)67-76-64(7,8)65(9,10)77-67)38-40-58(56)73(57)61-69-59(45-17-13-11-14-18-45)68-60(70-61)46-19-15-12-16-20-46/h11-42H,1-10H3. The third-order valence-electron chi connectivity index (χ3n) is 16.1. The Morgan fingerprint density at radius 2 is 0.675 bits per heavy atom. The zero-order chi connectivity index (χ0) is 53.4. The van der Waals surface area contributed by atoms with Crippen LogP contribution in [0.15, 0.2) is 194 Å². The molecule has 0 atom stereocenters. The molecule has 8 aromatic carbocycles. The summed E-state index contributed by atoms with van der Waals surface area (Å²) in [7, 11) is -0.960. The second kappa shape index (κ2) is 19.0. The van der Waals surface area contributed by atoms with Crippen LogP contribution in [0.2, 0.25) is 0 Å². The van der Waals surface area contributed by atoms with Crippen molar-refractivity contribution in [2.24, 2.45) is 0 Å². The minimum absolute atomic E-state index is 0.455. The maximum atomic E-state index is 6.49. The molecule has 77 heavy (non-hydrogen) atoms. The van der Waals surface area contributed by atoms with Gasteiger partial charge in [-0.05, 0) is 165 Å². The van der Waals surface area contributed by atoms with E-state index in [9.17, 15) is 0 Å². The molecular formula is C65H62B2N6O4. The lowest BCUT2D eigenvalue weighted by atomic mass is 9.79.